The summed E-state index contributed by atoms with van der Waals surface area (Å²) in [5.41, 5.74) is 0.850. The van der Waals surface area contributed by atoms with Gasteiger partial charge in [-0.05, 0) is 35.7 Å². The molecule has 0 saturated heterocycles. The molecule has 0 spiro atoms. The molecule has 5 heterocycles. The zero-order valence-electron chi connectivity index (χ0n) is 20.9. The molecule has 212 valence electrons. The topological polar surface area (TPSA) is 105 Å². The molecule has 40 heavy (non-hydrogen) atoms. The standard InChI is InChI=1S/C25H23ClF3N5O4S2/c26-17-9-14-1-2-33-3-6-38-7-4-34-5-8-40(36,37)20-11-19(39-22(20)23(34)35)21-16(25(27,28)29)12-30-24(32-21)31-18(17)10-15(14)13-33/h9-12H,1-8,13H2,(H,30,31,32). The van der Waals surface area contributed by atoms with Gasteiger partial charge in [-0.3, -0.25) is 9.69 Å². The minimum atomic E-state index is -4.83. The number of hydrogen-bond acceptors (Lipinski definition) is 9. The molecular formula is C25H23ClF3N5O4S2. The number of nitrogens with zero attached hydrogens (tertiary/aromatic N) is 4. The lowest BCUT2D eigenvalue weighted by Gasteiger charge is -2.29. The summed E-state index contributed by atoms with van der Waals surface area (Å²) in [4.78, 5) is 24.4. The Morgan fingerprint density at radius 1 is 1.07 bits per heavy atom. The summed E-state index contributed by atoms with van der Waals surface area (Å²) in [6, 6.07) is 4.78. The molecule has 3 aromatic rings. The van der Waals surface area contributed by atoms with E-state index in [0.717, 1.165) is 30.2 Å². The van der Waals surface area contributed by atoms with Crippen molar-refractivity contribution in [3.63, 3.8) is 0 Å². The van der Waals surface area contributed by atoms with Crippen LogP contribution in [0.15, 0.2) is 29.3 Å². The number of hydrogen-bond donors (Lipinski definition) is 1. The highest BCUT2D eigenvalue weighted by molar-refractivity contribution is 7.91. The van der Waals surface area contributed by atoms with Crippen LogP contribution in [0, 0.1) is 0 Å². The molecule has 0 fully saturated rings. The monoisotopic (exact) mass is 613 g/mol. The van der Waals surface area contributed by atoms with Crippen molar-refractivity contribution >= 4 is 50.3 Å². The van der Waals surface area contributed by atoms with E-state index in [1.165, 1.54) is 4.90 Å². The van der Waals surface area contributed by atoms with Gasteiger partial charge in [0, 0.05) is 38.9 Å². The third kappa shape index (κ3) is 5.18. The maximum absolute atomic E-state index is 14.0. The molecule has 1 atom stereocenters. The van der Waals surface area contributed by atoms with Crippen LogP contribution in [0.4, 0.5) is 24.8 Å². The summed E-state index contributed by atoms with van der Waals surface area (Å²) in [5, 5.41) is 3.30. The number of sulfone groups is 1. The van der Waals surface area contributed by atoms with E-state index in [-0.39, 0.29) is 46.0 Å². The number of ether oxygens (including phenoxy) is 1. The highest BCUT2D eigenvalue weighted by Gasteiger charge is 2.39. The van der Waals surface area contributed by atoms with Crippen molar-refractivity contribution in [3.8, 4) is 10.6 Å². The van der Waals surface area contributed by atoms with E-state index in [0.29, 0.717) is 47.9 Å². The van der Waals surface area contributed by atoms with E-state index in [9.17, 15) is 26.4 Å². The largest absolute Gasteiger partial charge is 0.420 e. The molecule has 1 amide bonds. The highest BCUT2D eigenvalue weighted by atomic mass is 35.5. The number of thiophene rings is 1. The molecular weight excluding hydrogens is 591 g/mol. The summed E-state index contributed by atoms with van der Waals surface area (Å²) in [6.45, 7) is 2.81. The minimum absolute atomic E-state index is 0.0398. The number of alkyl halides is 3. The average molecular weight is 614 g/mol. The molecule has 1 aromatic carbocycles. The molecule has 2 aromatic heterocycles. The van der Waals surface area contributed by atoms with Gasteiger partial charge in [0.25, 0.3) is 5.91 Å². The lowest BCUT2D eigenvalue weighted by atomic mass is 9.99. The molecule has 6 rings (SSSR count). The Morgan fingerprint density at radius 2 is 1.88 bits per heavy atom. The Kier molecular flexibility index (Phi) is 7.02. The maximum atomic E-state index is 14.0. The fourth-order valence-corrected chi connectivity index (χ4v) is 8.21. The number of anilines is 2. The highest BCUT2D eigenvalue weighted by Crippen LogP contribution is 2.42. The molecule has 1 unspecified atom stereocenters. The van der Waals surface area contributed by atoms with E-state index in [2.05, 4.69) is 20.2 Å². The summed E-state index contributed by atoms with van der Waals surface area (Å²) >= 11 is 7.18. The lowest BCUT2D eigenvalue weighted by molar-refractivity contribution is -0.137. The van der Waals surface area contributed by atoms with Crippen molar-refractivity contribution in [2.24, 2.45) is 0 Å². The summed E-state index contributed by atoms with van der Waals surface area (Å²) in [7, 11) is -3.94. The predicted molar refractivity (Wildman–Crippen MR) is 143 cm³/mol. The summed E-state index contributed by atoms with van der Waals surface area (Å²) < 4.78 is 74.0. The Bertz CT molecular complexity index is 1610. The third-order valence-electron chi connectivity index (χ3n) is 7.16. The minimum Gasteiger partial charge on any atom is -0.378 e. The van der Waals surface area contributed by atoms with E-state index in [1.807, 2.05) is 12.1 Å². The van der Waals surface area contributed by atoms with Crippen LogP contribution < -0.4 is 5.32 Å². The average Bonchev–Trinajstić information content (AvgIpc) is 3.33. The summed E-state index contributed by atoms with van der Waals surface area (Å²) in [6.07, 6.45) is -3.41. The van der Waals surface area contributed by atoms with E-state index >= 15 is 0 Å². The van der Waals surface area contributed by atoms with E-state index in [4.69, 9.17) is 16.3 Å². The first-order valence-electron chi connectivity index (χ1n) is 12.5. The Morgan fingerprint density at radius 3 is 2.67 bits per heavy atom. The first-order chi connectivity index (χ1) is 19.0. The van der Waals surface area contributed by atoms with Crippen molar-refractivity contribution in [1.29, 1.82) is 0 Å². The number of halogens is 4. The Balaban J connectivity index is 1.50. The molecule has 15 heteroatoms. The van der Waals surface area contributed by atoms with Crippen LogP contribution >= 0.6 is 22.9 Å². The molecule has 8 bridgehead atoms. The van der Waals surface area contributed by atoms with Gasteiger partial charge >= 0.3 is 6.18 Å². The van der Waals surface area contributed by atoms with Crippen LogP contribution in [0.1, 0.15) is 26.4 Å². The number of rotatable bonds is 0. The number of fused-ring (bicyclic) bond motifs is 7. The van der Waals surface area contributed by atoms with Crippen LogP contribution in [-0.4, -0.2) is 79.2 Å². The number of amides is 1. The number of carbonyl (C=O) groups is 1. The third-order valence-corrected chi connectivity index (χ3v) is 10.4. The molecule has 0 radical (unpaired) electrons. The van der Waals surface area contributed by atoms with Crippen LogP contribution in [0.25, 0.3) is 10.6 Å². The SMILES string of the molecule is O=C1c2sc3cc2S(=O)(=O)CCN1CCOCCN1CCc2cc(Cl)c(cc2C1)Nc1ncc(C(F)(F)F)c-3n1. The van der Waals surface area contributed by atoms with Gasteiger partial charge in [-0.1, -0.05) is 11.6 Å². The first-order valence-corrected chi connectivity index (χ1v) is 15.3. The fraction of sp³-hybridized carbons (Fsp3) is 0.400. The van der Waals surface area contributed by atoms with Gasteiger partial charge in [-0.15, -0.1) is 11.3 Å². The number of benzene rings is 1. The van der Waals surface area contributed by atoms with Gasteiger partial charge in [0.1, 0.15) is 10.4 Å². The van der Waals surface area contributed by atoms with Gasteiger partial charge in [0.2, 0.25) is 5.95 Å². The van der Waals surface area contributed by atoms with Crippen molar-refractivity contribution in [3.05, 3.63) is 51.0 Å². The van der Waals surface area contributed by atoms with Crippen LogP contribution in [0.2, 0.25) is 5.02 Å². The van der Waals surface area contributed by atoms with E-state index in [1.54, 1.807) is 0 Å². The van der Waals surface area contributed by atoms with Crippen LogP contribution in [0.5, 0.6) is 0 Å². The number of carbonyl (C=O) groups excluding carboxylic acids is 1. The quantitative estimate of drug-likeness (QED) is 0.402. The second-order valence-corrected chi connectivity index (χ2v) is 13.3. The van der Waals surface area contributed by atoms with Gasteiger partial charge in [0.15, 0.2) is 9.84 Å². The normalized spacial score (nSPS) is 20.9. The predicted octanol–water partition coefficient (Wildman–Crippen LogP) is 4.24. The number of aromatic nitrogens is 2. The molecule has 0 saturated carbocycles. The van der Waals surface area contributed by atoms with E-state index < -0.39 is 33.2 Å². The molecule has 0 aliphatic carbocycles. The maximum Gasteiger partial charge on any atom is 0.420 e. The van der Waals surface area contributed by atoms with Gasteiger partial charge in [-0.25, -0.2) is 18.4 Å². The van der Waals surface area contributed by atoms with Gasteiger partial charge < -0.3 is 15.0 Å². The first kappa shape index (κ1) is 27.4. The Hall–Kier alpha value is -2.78. The van der Waals surface area contributed by atoms with Crippen molar-refractivity contribution in [1.82, 2.24) is 19.8 Å². The summed E-state index contributed by atoms with van der Waals surface area (Å²) in [5.74, 6) is -1.07. The molecule has 3 aliphatic heterocycles. The van der Waals surface area contributed by atoms with Crippen molar-refractivity contribution in [2.75, 3.05) is 50.5 Å². The second kappa shape index (κ2) is 10.2. The molecule has 9 nitrogen and oxygen atoms in total. The molecule has 1 N–H and O–H groups in total. The Labute approximate surface area is 236 Å². The lowest BCUT2D eigenvalue weighted by Crippen LogP contribution is -2.36. The second-order valence-electron chi connectivity index (χ2n) is 9.73. The smallest absolute Gasteiger partial charge is 0.378 e. The zero-order chi connectivity index (χ0) is 28.2. The van der Waals surface area contributed by atoms with Crippen LogP contribution in [-0.2, 0) is 33.7 Å². The van der Waals surface area contributed by atoms with Crippen molar-refractivity contribution in [2.45, 2.75) is 24.0 Å². The van der Waals surface area contributed by atoms with Gasteiger partial charge in [-0.2, -0.15) is 13.2 Å². The number of nitrogens with one attached hydrogen (secondary N) is 1. The fourth-order valence-electron chi connectivity index (χ4n) is 5.02. The van der Waals surface area contributed by atoms with Gasteiger partial charge in [0.05, 0.1) is 45.1 Å². The van der Waals surface area contributed by atoms with Crippen molar-refractivity contribution < 1.29 is 31.1 Å². The molecule has 3 aliphatic rings. The zero-order valence-corrected chi connectivity index (χ0v) is 23.3. The van der Waals surface area contributed by atoms with Crippen LogP contribution in [0.3, 0.4) is 0 Å².